The summed E-state index contributed by atoms with van der Waals surface area (Å²) in [6.45, 7) is -0.592. The van der Waals surface area contributed by atoms with Gasteiger partial charge in [0.05, 0.1) is 31.0 Å². The van der Waals surface area contributed by atoms with Crippen molar-refractivity contribution in [3.05, 3.63) is 78.1 Å². The van der Waals surface area contributed by atoms with Gasteiger partial charge in [-0.2, -0.15) is 5.10 Å². The molecule has 8 nitrogen and oxygen atoms in total. The van der Waals surface area contributed by atoms with E-state index in [1.807, 2.05) is 30.5 Å². The van der Waals surface area contributed by atoms with E-state index in [9.17, 15) is 17.6 Å². The zero-order valence-electron chi connectivity index (χ0n) is 19.3. The largest absolute Gasteiger partial charge is 0.493 e. The number of hydrogen-bond donors (Lipinski definition) is 1. The smallest absolute Gasteiger partial charge is 0.264 e. The molecular formula is C24H24FN3O5S2. The highest BCUT2D eigenvalue weighted by Gasteiger charge is 2.28. The Balaban J connectivity index is 1.86. The number of rotatable bonds is 10. The first kappa shape index (κ1) is 26.0. The number of nitrogens with one attached hydrogen (secondary N) is 1. The van der Waals surface area contributed by atoms with Crippen molar-refractivity contribution in [2.45, 2.75) is 9.79 Å². The van der Waals surface area contributed by atoms with E-state index in [0.717, 1.165) is 26.9 Å². The maximum atomic E-state index is 13.5. The minimum Gasteiger partial charge on any atom is -0.493 e. The van der Waals surface area contributed by atoms with E-state index in [2.05, 4.69) is 10.5 Å². The lowest BCUT2D eigenvalue weighted by Gasteiger charge is -2.24. The van der Waals surface area contributed by atoms with E-state index < -0.39 is 28.3 Å². The van der Waals surface area contributed by atoms with Crippen LogP contribution in [0.5, 0.6) is 11.5 Å². The van der Waals surface area contributed by atoms with Crippen LogP contribution in [0.15, 0.2) is 81.6 Å². The van der Waals surface area contributed by atoms with Gasteiger partial charge in [-0.3, -0.25) is 9.10 Å². The molecule has 0 saturated heterocycles. The molecule has 3 aromatic carbocycles. The van der Waals surface area contributed by atoms with Gasteiger partial charge in [0.25, 0.3) is 15.9 Å². The predicted octanol–water partition coefficient (Wildman–Crippen LogP) is 3.91. The predicted molar refractivity (Wildman–Crippen MR) is 134 cm³/mol. The third kappa shape index (κ3) is 6.52. The van der Waals surface area contributed by atoms with Gasteiger partial charge < -0.3 is 9.47 Å². The van der Waals surface area contributed by atoms with Gasteiger partial charge in [0, 0.05) is 11.0 Å². The second-order valence-electron chi connectivity index (χ2n) is 7.07. The summed E-state index contributed by atoms with van der Waals surface area (Å²) in [5.41, 5.74) is 3.20. The zero-order valence-corrected chi connectivity index (χ0v) is 20.9. The van der Waals surface area contributed by atoms with E-state index in [0.29, 0.717) is 5.75 Å². The molecule has 0 aliphatic heterocycles. The van der Waals surface area contributed by atoms with Gasteiger partial charge in [-0.15, -0.1) is 11.8 Å². The van der Waals surface area contributed by atoms with Crippen molar-refractivity contribution in [1.29, 1.82) is 0 Å². The van der Waals surface area contributed by atoms with Crippen LogP contribution >= 0.6 is 11.8 Å². The third-order valence-electron chi connectivity index (χ3n) is 4.86. The Morgan fingerprint density at radius 2 is 1.69 bits per heavy atom. The van der Waals surface area contributed by atoms with Gasteiger partial charge in [0.2, 0.25) is 0 Å². The second-order valence-corrected chi connectivity index (χ2v) is 9.81. The summed E-state index contributed by atoms with van der Waals surface area (Å²) in [5.74, 6) is -0.680. The van der Waals surface area contributed by atoms with Crippen LogP contribution in [0.2, 0.25) is 0 Å². The summed E-state index contributed by atoms with van der Waals surface area (Å²) in [6, 6.07) is 16.4. The molecule has 0 radical (unpaired) electrons. The number of halogens is 1. The summed E-state index contributed by atoms with van der Waals surface area (Å²) in [6.07, 6.45) is 3.42. The fraction of sp³-hybridized carbons (Fsp3) is 0.167. The quantitative estimate of drug-likeness (QED) is 0.249. The molecule has 3 aromatic rings. The van der Waals surface area contributed by atoms with Crippen LogP contribution in [0.1, 0.15) is 5.56 Å². The number of nitrogens with zero attached hydrogens (tertiary/aromatic N) is 2. The molecule has 0 unspecified atom stereocenters. The van der Waals surface area contributed by atoms with Crippen LogP contribution in [0.3, 0.4) is 0 Å². The van der Waals surface area contributed by atoms with Crippen molar-refractivity contribution in [2.24, 2.45) is 5.10 Å². The maximum absolute atomic E-state index is 13.5. The number of benzene rings is 3. The number of anilines is 1. The number of thioether (sulfide) groups is 1. The van der Waals surface area contributed by atoms with Crippen LogP contribution in [0.25, 0.3) is 0 Å². The SMILES string of the molecule is COc1ccc(S(=O)(=O)N(CC(=O)N/N=C\c2ccc(SC)cc2)c2ccc(F)cc2)cc1OC. The van der Waals surface area contributed by atoms with Gasteiger partial charge in [-0.05, 0) is 60.4 Å². The Labute approximate surface area is 207 Å². The lowest BCUT2D eigenvalue weighted by atomic mass is 10.2. The topological polar surface area (TPSA) is 97.3 Å². The van der Waals surface area contributed by atoms with Crippen molar-refractivity contribution in [2.75, 3.05) is 31.3 Å². The van der Waals surface area contributed by atoms with Crippen molar-refractivity contribution < 1.29 is 27.1 Å². The number of amides is 1. The average molecular weight is 518 g/mol. The van der Waals surface area contributed by atoms with Crippen LogP contribution in [0.4, 0.5) is 10.1 Å². The minimum absolute atomic E-state index is 0.105. The van der Waals surface area contributed by atoms with Gasteiger partial charge in [-0.25, -0.2) is 18.2 Å². The summed E-state index contributed by atoms with van der Waals surface area (Å²) in [4.78, 5) is 13.6. The Bertz CT molecular complexity index is 1300. The first-order valence-corrected chi connectivity index (χ1v) is 12.9. The Morgan fingerprint density at radius 1 is 1.03 bits per heavy atom. The molecule has 0 aliphatic carbocycles. The molecule has 184 valence electrons. The average Bonchev–Trinajstić information content (AvgIpc) is 2.87. The van der Waals surface area contributed by atoms with E-state index in [1.54, 1.807) is 11.8 Å². The molecule has 1 N–H and O–H groups in total. The Hall–Kier alpha value is -3.57. The van der Waals surface area contributed by atoms with Crippen molar-refractivity contribution in [1.82, 2.24) is 5.43 Å². The molecule has 0 bridgehead atoms. The molecular weight excluding hydrogens is 493 g/mol. The van der Waals surface area contributed by atoms with Gasteiger partial charge in [0.1, 0.15) is 12.4 Å². The first-order valence-electron chi connectivity index (χ1n) is 10.2. The number of carbonyl (C=O) groups is 1. The van der Waals surface area contributed by atoms with Crippen LogP contribution in [-0.4, -0.2) is 47.6 Å². The zero-order chi connectivity index (χ0) is 25.4. The molecule has 0 saturated carbocycles. The van der Waals surface area contributed by atoms with Gasteiger partial charge >= 0.3 is 0 Å². The monoisotopic (exact) mass is 517 g/mol. The maximum Gasteiger partial charge on any atom is 0.264 e. The highest BCUT2D eigenvalue weighted by atomic mass is 32.2. The number of carbonyl (C=O) groups excluding carboxylic acids is 1. The molecule has 0 aliphatic rings. The van der Waals surface area contributed by atoms with Gasteiger partial charge in [0.15, 0.2) is 11.5 Å². The summed E-state index contributed by atoms with van der Waals surface area (Å²) in [5, 5.41) is 3.91. The lowest BCUT2D eigenvalue weighted by molar-refractivity contribution is -0.119. The minimum atomic E-state index is -4.24. The van der Waals surface area contributed by atoms with E-state index in [4.69, 9.17) is 9.47 Å². The molecule has 35 heavy (non-hydrogen) atoms. The van der Waals surface area contributed by atoms with E-state index in [-0.39, 0.29) is 16.3 Å². The third-order valence-corrected chi connectivity index (χ3v) is 7.38. The molecule has 3 rings (SSSR count). The number of hydrazone groups is 1. The lowest BCUT2D eigenvalue weighted by Crippen LogP contribution is -2.39. The summed E-state index contributed by atoms with van der Waals surface area (Å²) in [7, 11) is -1.43. The molecule has 0 fully saturated rings. The molecule has 0 spiro atoms. The number of hydrogen-bond acceptors (Lipinski definition) is 7. The normalized spacial score (nSPS) is 11.3. The molecule has 0 atom stereocenters. The highest BCUT2D eigenvalue weighted by Crippen LogP contribution is 2.32. The fourth-order valence-corrected chi connectivity index (χ4v) is 4.91. The van der Waals surface area contributed by atoms with Crippen molar-refractivity contribution >= 4 is 39.6 Å². The second kappa shape index (κ2) is 11.7. The summed E-state index contributed by atoms with van der Waals surface area (Å²) < 4.78 is 51.7. The Morgan fingerprint density at radius 3 is 2.29 bits per heavy atom. The highest BCUT2D eigenvalue weighted by molar-refractivity contribution is 7.98. The Kier molecular flexibility index (Phi) is 8.72. The van der Waals surface area contributed by atoms with Crippen LogP contribution in [0, 0.1) is 5.82 Å². The van der Waals surface area contributed by atoms with E-state index in [1.165, 1.54) is 50.8 Å². The molecule has 1 amide bonds. The van der Waals surface area contributed by atoms with Crippen LogP contribution < -0.4 is 19.2 Å². The standard InChI is InChI=1S/C24H24FN3O5S2/c1-32-22-13-12-21(14-23(22)33-2)35(30,31)28(19-8-6-18(25)7-9-19)16-24(29)27-26-15-17-4-10-20(34-3)11-5-17/h4-15H,16H2,1-3H3,(H,27,29)/b26-15-. The number of methoxy groups -OCH3 is 2. The number of sulfonamides is 1. The van der Waals surface area contributed by atoms with Gasteiger partial charge in [-0.1, -0.05) is 12.1 Å². The molecule has 0 heterocycles. The van der Waals surface area contributed by atoms with Crippen molar-refractivity contribution in [3.8, 4) is 11.5 Å². The molecule has 11 heteroatoms. The summed E-state index contributed by atoms with van der Waals surface area (Å²) >= 11 is 1.60. The number of ether oxygens (including phenoxy) is 2. The van der Waals surface area contributed by atoms with Crippen LogP contribution in [-0.2, 0) is 14.8 Å². The fourth-order valence-electron chi connectivity index (χ4n) is 3.06. The molecule has 0 aromatic heterocycles. The first-order chi connectivity index (χ1) is 16.8. The van der Waals surface area contributed by atoms with Crippen molar-refractivity contribution in [3.63, 3.8) is 0 Å². The van der Waals surface area contributed by atoms with E-state index >= 15 is 0 Å².